The molecule has 0 atom stereocenters. The molecule has 0 unspecified atom stereocenters. The Bertz CT molecular complexity index is 1360. The van der Waals surface area contributed by atoms with Crippen LogP contribution in [0.5, 0.6) is 5.75 Å². The van der Waals surface area contributed by atoms with Gasteiger partial charge in [-0.3, -0.25) is 9.78 Å². The number of carbonyl (C=O) groups is 1. The van der Waals surface area contributed by atoms with E-state index in [1.54, 1.807) is 6.21 Å². The van der Waals surface area contributed by atoms with Crippen molar-refractivity contribution in [3.05, 3.63) is 59.2 Å². The Kier molecular flexibility index (Phi) is 8.06. The molecule has 1 saturated carbocycles. The number of halogens is 2. The largest absolute Gasteiger partial charge is 0.494 e. The highest BCUT2D eigenvalue weighted by Gasteiger charge is 2.19. The number of benzene rings is 1. The van der Waals surface area contributed by atoms with E-state index in [9.17, 15) is 13.6 Å². The Labute approximate surface area is 212 Å². The van der Waals surface area contributed by atoms with Crippen molar-refractivity contribution in [2.75, 3.05) is 7.11 Å². The minimum atomic E-state index is -2.72. The van der Waals surface area contributed by atoms with Gasteiger partial charge in [0, 0.05) is 23.3 Å². The number of rotatable bonds is 8. The topological polar surface area (TPSA) is 77.3 Å². The van der Waals surface area contributed by atoms with Gasteiger partial charge in [0.2, 0.25) is 0 Å². The van der Waals surface area contributed by atoms with E-state index in [-0.39, 0.29) is 17.4 Å². The quantitative estimate of drug-likeness (QED) is 0.152. The monoisotopic (exact) mass is 506 g/mol. The molecule has 2 aromatic heterocycles. The maximum atomic E-state index is 13.4. The number of aromatic nitrogens is 3. The third-order valence-electron chi connectivity index (χ3n) is 5.56. The van der Waals surface area contributed by atoms with E-state index in [2.05, 4.69) is 31.8 Å². The number of hydrogen-bond acceptors (Lipinski definition) is 7. The smallest absolute Gasteiger partial charge is 0.280 e. The van der Waals surface area contributed by atoms with Crippen LogP contribution >= 0.6 is 11.8 Å². The van der Waals surface area contributed by atoms with Crippen molar-refractivity contribution in [2.45, 2.75) is 44.1 Å². The van der Waals surface area contributed by atoms with Gasteiger partial charge in [-0.15, -0.1) is 0 Å². The molecule has 0 saturated heterocycles. The van der Waals surface area contributed by atoms with Crippen molar-refractivity contribution in [3.8, 4) is 28.7 Å². The lowest BCUT2D eigenvalue weighted by Gasteiger charge is -2.15. The van der Waals surface area contributed by atoms with Gasteiger partial charge in [-0.2, -0.15) is 0 Å². The normalized spacial score (nSPS) is 13.2. The van der Waals surface area contributed by atoms with Crippen molar-refractivity contribution in [3.63, 3.8) is 0 Å². The van der Waals surface area contributed by atoms with Gasteiger partial charge in [0.05, 0.1) is 19.5 Å². The van der Waals surface area contributed by atoms with Crippen molar-refractivity contribution in [2.24, 2.45) is 10.9 Å². The number of methoxy groups -OCH3 is 1. The van der Waals surface area contributed by atoms with Gasteiger partial charge >= 0.3 is 0 Å². The van der Waals surface area contributed by atoms with Crippen LogP contribution in [0.25, 0.3) is 11.1 Å². The molecule has 0 spiro atoms. The second kappa shape index (κ2) is 11.4. The molecule has 3 aromatic rings. The summed E-state index contributed by atoms with van der Waals surface area (Å²) in [6, 6.07) is 7.09. The Morgan fingerprint density at radius 3 is 2.64 bits per heavy atom. The number of pyridine rings is 1. The Morgan fingerprint density at radius 2 is 1.97 bits per heavy atom. The molecule has 9 heteroatoms. The van der Waals surface area contributed by atoms with Crippen LogP contribution in [0.4, 0.5) is 14.6 Å². The highest BCUT2D eigenvalue weighted by molar-refractivity contribution is 8.11. The predicted octanol–water partition coefficient (Wildman–Crippen LogP) is 6.40. The first-order chi connectivity index (χ1) is 17.4. The number of hydrogen-bond donors (Lipinski definition) is 0. The fraction of sp³-hybridized carbons (Fsp3) is 0.296. The summed E-state index contributed by atoms with van der Waals surface area (Å²) in [5.74, 6) is 7.37. The molecular formula is C27H24F2N4O2S. The minimum absolute atomic E-state index is 0.211. The zero-order chi connectivity index (χ0) is 25.7. The first-order valence-electron chi connectivity index (χ1n) is 11.4. The van der Waals surface area contributed by atoms with Gasteiger partial charge in [-0.05, 0) is 53.6 Å². The Morgan fingerprint density at radius 1 is 1.17 bits per heavy atom. The molecule has 0 amide bonds. The van der Waals surface area contributed by atoms with Crippen molar-refractivity contribution in [1.29, 1.82) is 0 Å². The van der Waals surface area contributed by atoms with Crippen LogP contribution in [0.3, 0.4) is 0 Å². The molecule has 0 N–H and O–H groups in total. The third-order valence-corrected chi connectivity index (χ3v) is 6.15. The van der Waals surface area contributed by atoms with Crippen molar-refractivity contribution >= 4 is 29.4 Å². The van der Waals surface area contributed by atoms with Crippen LogP contribution in [0.1, 0.15) is 61.5 Å². The van der Waals surface area contributed by atoms with Crippen LogP contribution in [0.2, 0.25) is 0 Å². The standard InChI is InChI=1S/C27H24F2N4O2S/c1-16(2)18-7-8-19(21(10-18)22-11-23(25(28)29)30-14-24(22)35-3)12-31-26-27(36-15-34)33-20(13-32-26)9-6-17-4-5-17/h7-8,10-17,25H,4-5H2,1-3H3. The van der Waals surface area contributed by atoms with Crippen molar-refractivity contribution in [1.82, 2.24) is 15.0 Å². The summed E-state index contributed by atoms with van der Waals surface area (Å²) in [6.45, 7) is 4.10. The highest BCUT2D eigenvalue weighted by atomic mass is 32.2. The van der Waals surface area contributed by atoms with E-state index >= 15 is 0 Å². The van der Waals surface area contributed by atoms with Gasteiger partial charge in [0.25, 0.3) is 6.43 Å². The maximum absolute atomic E-state index is 13.4. The van der Waals surface area contributed by atoms with Gasteiger partial charge < -0.3 is 4.74 Å². The summed E-state index contributed by atoms with van der Waals surface area (Å²) in [7, 11) is 1.47. The minimum Gasteiger partial charge on any atom is -0.494 e. The second-order valence-electron chi connectivity index (χ2n) is 8.51. The molecule has 1 aromatic carbocycles. The number of alkyl halides is 2. The molecule has 4 rings (SSSR count). The summed E-state index contributed by atoms with van der Waals surface area (Å²) in [5, 5.41) is 0.339. The van der Waals surface area contributed by atoms with E-state index in [0.29, 0.717) is 44.7 Å². The first-order valence-corrected chi connectivity index (χ1v) is 12.3. The zero-order valence-corrected chi connectivity index (χ0v) is 20.9. The summed E-state index contributed by atoms with van der Waals surface area (Å²) >= 11 is 0.872. The van der Waals surface area contributed by atoms with Crippen LogP contribution in [-0.4, -0.2) is 33.9 Å². The van der Waals surface area contributed by atoms with Gasteiger partial charge in [0.15, 0.2) is 11.4 Å². The fourth-order valence-electron chi connectivity index (χ4n) is 3.40. The molecule has 1 aliphatic carbocycles. The van der Waals surface area contributed by atoms with E-state index in [1.807, 2.05) is 32.0 Å². The molecule has 0 radical (unpaired) electrons. The summed E-state index contributed by atoms with van der Waals surface area (Å²) in [5.41, 5.74) is 3.62. The molecule has 2 heterocycles. The lowest BCUT2D eigenvalue weighted by Crippen LogP contribution is -1.99. The second-order valence-corrected chi connectivity index (χ2v) is 9.33. The Balaban J connectivity index is 1.78. The number of nitrogens with zero attached hydrogens (tertiary/aromatic N) is 4. The summed E-state index contributed by atoms with van der Waals surface area (Å²) in [6.07, 6.45) is 3.87. The molecule has 1 aliphatic rings. The fourth-order valence-corrected chi connectivity index (χ4v) is 3.86. The molecular weight excluding hydrogens is 482 g/mol. The van der Waals surface area contributed by atoms with Crippen molar-refractivity contribution < 1.29 is 18.3 Å². The highest BCUT2D eigenvalue weighted by Crippen LogP contribution is 2.36. The summed E-state index contributed by atoms with van der Waals surface area (Å²) < 4.78 is 32.3. The average molecular weight is 507 g/mol. The lowest BCUT2D eigenvalue weighted by atomic mass is 9.93. The van der Waals surface area contributed by atoms with E-state index in [0.717, 1.165) is 30.2 Å². The summed E-state index contributed by atoms with van der Waals surface area (Å²) in [4.78, 5) is 28.3. The SMILES string of the molecule is COc1cnc(C(F)F)cc1-c1cc(C(C)C)ccc1C=Nc1ncc(C#CC2CC2)nc1SC=O. The molecule has 0 aliphatic heterocycles. The van der Waals surface area contributed by atoms with Gasteiger partial charge in [-0.1, -0.05) is 38.0 Å². The molecule has 36 heavy (non-hydrogen) atoms. The number of carbonyl (C=O) groups excluding carboxylic acids is 1. The van der Waals surface area contributed by atoms with Crippen LogP contribution in [0.15, 0.2) is 46.7 Å². The number of aliphatic imine (C=N–C) groups is 1. The predicted molar refractivity (Wildman–Crippen MR) is 137 cm³/mol. The third kappa shape index (κ3) is 6.13. The van der Waals surface area contributed by atoms with Crippen LogP contribution < -0.4 is 4.74 Å². The zero-order valence-electron chi connectivity index (χ0n) is 20.0. The number of ether oxygens (including phenoxy) is 1. The van der Waals surface area contributed by atoms with Gasteiger partial charge in [-0.25, -0.2) is 23.7 Å². The molecule has 184 valence electrons. The molecule has 0 bridgehead atoms. The first kappa shape index (κ1) is 25.5. The van der Waals surface area contributed by atoms with E-state index < -0.39 is 6.43 Å². The lowest BCUT2D eigenvalue weighted by molar-refractivity contribution is 0.146. The van der Waals surface area contributed by atoms with E-state index in [1.165, 1.54) is 25.6 Å². The molecule has 1 fully saturated rings. The average Bonchev–Trinajstić information content (AvgIpc) is 3.71. The Hall–Kier alpha value is -3.64. The van der Waals surface area contributed by atoms with E-state index in [4.69, 9.17) is 4.74 Å². The van der Waals surface area contributed by atoms with Crippen LogP contribution in [0, 0.1) is 17.8 Å². The molecule has 6 nitrogen and oxygen atoms in total. The van der Waals surface area contributed by atoms with Gasteiger partial charge in [0.1, 0.15) is 22.2 Å². The maximum Gasteiger partial charge on any atom is 0.280 e. The number of thioether (sulfide) groups is 1. The van der Waals surface area contributed by atoms with Crippen LogP contribution in [-0.2, 0) is 4.79 Å².